The third kappa shape index (κ3) is 3.69. The molecule has 1 N–H and O–H groups in total. The Morgan fingerprint density at radius 1 is 1.47 bits per heavy atom. The minimum atomic E-state index is -0.791. The summed E-state index contributed by atoms with van der Waals surface area (Å²) in [6.45, 7) is 2.38. The number of hydrogen-bond donors (Lipinski definition) is 1. The van der Waals surface area contributed by atoms with Crippen molar-refractivity contribution in [1.82, 2.24) is 5.32 Å². The monoisotopic (exact) mass is 270 g/mol. The summed E-state index contributed by atoms with van der Waals surface area (Å²) in [6.07, 6.45) is -0.0597. The van der Waals surface area contributed by atoms with E-state index in [0.717, 1.165) is 6.07 Å². The molecule has 19 heavy (non-hydrogen) atoms. The maximum Gasteiger partial charge on any atom is 0.305 e. The van der Waals surface area contributed by atoms with Crippen LogP contribution >= 0.6 is 0 Å². The van der Waals surface area contributed by atoms with Gasteiger partial charge in [-0.3, -0.25) is 10.1 Å². The Hall–Kier alpha value is -1.57. The van der Waals surface area contributed by atoms with Crippen LogP contribution in [0.4, 0.5) is 10.1 Å². The van der Waals surface area contributed by atoms with Crippen molar-refractivity contribution in [3.8, 4) is 0 Å². The van der Waals surface area contributed by atoms with Crippen LogP contribution in [0.1, 0.15) is 5.56 Å². The highest BCUT2D eigenvalue weighted by molar-refractivity contribution is 5.36. The van der Waals surface area contributed by atoms with Gasteiger partial charge in [-0.2, -0.15) is 4.39 Å². The fourth-order valence-corrected chi connectivity index (χ4v) is 1.87. The molecule has 0 saturated carbocycles. The summed E-state index contributed by atoms with van der Waals surface area (Å²) in [7, 11) is 0. The number of nitro groups is 1. The summed E-state index contributed by atoms with van der Waals surface area (Å²) < 4.78 is 24.4. The molecular weight excluding hydrogens is 255 g/mol. The number of hydrogen-bond acceptors (Lipinski definition) is 5. The van der Waals surface area contributed by atoms with Crippen LogP contribution < -0.4 is 5.32 Å². The molecule has 1 saturated heterocycles. The van der Waals surface area contributed by atoms with Crippen LogP contribution in [-0.2, 0) is 16.0 Å². The summed E-state index contributed by atoms with van der Waals surface area (Å²) in [6, 6.07) is 4.14. The molecule has 0 radical (unpaired) electrons. The average molecular weight is 270 g/mol. The molecule has 1 aliphatic rings. The van der Waals surface area contributed by atoms with Crippen molar-refractivity contribution in [2.24, 2.45) is 0 Å². The maximum absolute atomic E-state index is 13.8. The largest absolute Gasteiger partial charge is 0.376 e. The number of nitrogens with zero attached hydrogens (tertiary/aromatic N) is 1. The summed E-state index contributed by atoms with van der Waals surface area (Å²) in [5.74, 6) is -0.791. The zero-order chi connectivity index (χ0) is 13.7. The molecule has 1 aliphatic heterocycles. The second-order valence-electron chi connectivity index (χ2n) is 4.21. The van der Waals surface area contributed by atoms with Crippen molar-refractivity contribution >= 4 is 5.69 Å². The lowest BCUT2D eigenvalue weighted by Gasteiger charge is -2.23. The van der Waals surface area contributed by atoms with E-state index in [1.165, 1.54) is 12.1 Å². The molecule has 1 aromatic carbocycles. The van der Waals surface area contributed by atoms with Crippen LogP contribution in [0.2, 0.25) is 0 Å². The van der Waals surface area contributed by atoms with E-state index in [-0.39, 0.29) is 18.2 Å². The van der Waals surface area contributed by atoms with Crippen LogP contribution in [-0.4, -0.2) is 37.4 Å². The molecule has 0 spiro atoms. The van der Waals surface area contributed by atoms with Gasteiger partial charge in [0.1, 0.15) is 0 Å². The molecule has 6 nitrogen and oxygen atoms in total. The molecule has 1 aromatic rings. The van der Waals surface area contributed by atoms with Gasteiger partial charge < -0.3 is 14.8 Å². The van der Waals surface area contributed by atoms with Crippen molar-refractivity contribution < 1.29 is 18.8 Å². The smallest absolute Gasteiger partial charge is 0.305 e. The maximum atomic E-state index is 13.8. The van der Waals surface area contributed by atoms with Gasteiger partial charge in [-0.05, 0) is 0 Å². The standard InChI is InChI=1S/C12H15FN2O4/c13-12-9(2-1-3-11(12)15(16)17)6-14-7-10-8-18-4-5-19-10/h1-3,10,14H,4-8H2. The Labute approximate surface area is 109 Å². The third-order valence-corrected chi connectivity index (χ3v) is 2.83. The summed E-state index contributed by atoms with van der Waals surface area (Å²) in [4.78, 5) is 9.88. The Bertz CT molecular complexity index is 449. The van der Waals surface area contributed by atoms with Gasteiger partial charge in [-0.1, -0.05) is 12.1 Å². The van der Waals surface area contributed by atoms with Crippen LogP contribution in [0, 0.1) is 15.9 Å². The fourth-order valence-electron chi connectivity index (χ4n) is 1.87. The lowest BCUT2D eigenvalue weighted by Crippen LogP contribution is -2.37. The molecule has 1 unspecified atom stereocenters. The van der Waals surface area contributed by atoms with E-state index in [0.29, 0.717) is 26.4 Å². The van der Waals surface area contributed by atoms with Crippen molar-refractivity contribution in [3.05, 3.63) is 39.7 Å². The Balaban J connectivity index is 1.88. The first-order valence-electron chi connectivity index (χ1n) is 6.00. The number of ether oxygens (including phenoxy) is 2. The average Bonchev–Trinajstić information content (AvgIpc) is 2.41. The van der Waals surface area contributed by atoms with Crippen molar-refractivity contribution in [2.45, 2.75) is 12.6 Å². The van der Waals surface area contributed by atoms with E-state index in [1.54, 1.807) is 0 Å². The van der Waals surface area contributed by atoms with Crippen molar-refractivity contribution in [3.63, 3.8) is 0 Å². The number of rotatable bonds is 5. The summed E-state index contributed by atoms with van der Waals surface area (Å²) in [5, 5.41) is 13.6. The van der Waals surface area contributed by atoms with E-state index in [1.807, 2.05) is 0 Å². The van der Waals surface area contributed by atoms with Gasteiger partial charge >= 0.3 is 5.69 Å². The molecule has 2 rings (SSSR count). The Morgan fingerprint density at radius 3 is 3.00 bits per heavy atom. The first kappa shape index (κ1) is 13.9. The van der Waals surface area contributed by atoms with E-state index < -0.39 is 16.4 Å². The zero-order valence-corrected chi connectivity index (χ0v) is 10.3. The molecule has 0 amide bonds. The highest BCUT2D eigenvalue weighted by Crippen LogP contribution is 2.19. The van der Waals surface area contributed by atoms with Crippen LogP contribution in [0.25, 0.3) is 0 Å². The number of halogens is 1. The molecule has 1 atom stereocenters. The minimum absolute atomic E-state index is 0.0597. The second kappa shape index (κ2) is 6.55. The van der Waals surface area contributed by atoms with Gasteiger partial charge in [0.25, 0.3) is 0 Å². The predicted molar refractivity (Wildman–Crippen MR) is 65.3 cm³/mol. The molecule has 7 heteroatoms. The highest BCUT2D eigenvalue weighted by atomic mass is 19.1. The minimum Gasteiger partial charge on any atom is -0.376 e. The zero-order valence-electron chi connectivity index (χ0n) is 10.3. The first-order chi connectivity index (χ1) is 9.18. The summed E-state index contributed by atoms with van der Waals surface area (Å²) >= 11 is 0. The van der Waals surface area contributed by atoms with Gasteiger partial charge in [0.2, 0.25) is 5.82 Å². The Morgan fingerprint density at radius 2 is 2.32 bits per heavy atom. The van der Waals surface area contributed by atoms with Gasteiger partial charge in [-0.25, -0.2) is 0 Å². The first-order valence-corrected chi connectivity index (χ1v) is 6.00. The van der Waals surface area contributed by atoms with Crippen molar-refractivity contribution in [2.75, 3.05) is 26.4 Å². The van der Waals surface area contributed by atoms with E-state index in [4.69, 9.17) is 9.47 Å². The van der Waals surface area contributed by atoms with Gasteiger partial charge in [0.15, 0.2) is 0 Å². The molecular formula is C12H15FN2O4. The normalized spacial score (nSPS) is 19.3. The predicted octanol–water partition coefficient (Wildman–Crippen LogP) is 1.24. The molecule has 0 aliphatic carbocycles. The SMILES string of the molecule is O=[N+]([O-])c1cccc(CNCC2COCCO2)c1F. The third-order valence-electron chi connectivity index (χ3n) is 2.83. The quantitative estimate of drug-likeness (QED) is 0.643. The fraction of sp³-hybridized carbons (Fsp3) is 0.500. The molecule has 0 aromatic heterocycles. The Kier molecular flexibility index (Phi) is 4.78. The van der Waals surface area contributed by atoms with Crippen molar-refractivity contribution in [1.29, 1.82) is 0 Å². The van der Waals surface area contributed by atoms with Crippen LogP contribution in [0.5, 0.6) is 0 Å². The molecule has 0 bridgehead atoms. The van der Waals surface area contributed by atoms with Gasteiger partial charge in [-0.15, -0.1) is 0 Å². The second-order valence-corrected chi connectivity index (χ2v) is 4.21. The molecule has 104 valence electrons. The lowest BCUT2D eigenvalue weighted by molar-refractivity contribution is -0.387. The lowest BCUT2D eigenvalue weighted by atomic mass is 10.2. The molecule has 1 heterocycles. The number of nitro benzene ring substituents is 1. The highest BCUT2D eigenvalue weighted by Gasteiger charge is 2.18. The number of nitrogens with one attached hydrogen (secondary N) is 1. The van der Waals surface area contributed by atoms with E-state index >= 15 is 0 Å². The van der Waals surface area contributed by atoms with E-state index in [9.17, 15) is 14.5 Å². The van der Waals surface area contributed by atoms with Gasteiger partial charge in [0.05, 0.1) is 30.8 Å². The van der Waals surface area contributed by atoms with Crippen LogP contribution in [0.15, 0.2) is 18.2 Å². The van der Waals surface area contributed by atoms with E-state index in [2.05, 4.69) is 5.32 Å². The molecule has 1 fully saturated rings. The van der Waals surface area contributed by atoms with Crippen LogP contribution in [0.3, 0.4) is 0 Å². The van der Waals surface area contributed by atoms with Gasteiger partial charge in [0, 0.05) is 24.7 Å². The number of benzene rings is 1. The summed E-state index contributed by atoms with van der Waals surface area (Å²) in [5.41, 5.74) is -0.234. The topological polar surface area (TPSA) is 73.6 Å².